The lowest BCUT2D eigenvalue weighted by Gasteiger charge is -2.38. The second-order valence-electron chi connectivity index (χ2n) is 6.34. The van der Waals surface area contributed by atoms with Gasteiger partial charge in [-0.1, -0.05) is 0 Å². The standard InChI is InChI=1S/C16H23N5O3S/c1-10-7-12(23-9-14-20-19-11(2)24-14)3-5-21(10)8-13(15(17)22)16-18-4-6-25-16/h4,6,10,12-13H,3,5,7-9H2,1-2H3,(H2,17,22)/t10-,12-,13?/m0/s1. The van der Waals surface area contributed by atoms with E-state index in [0.29, 0.717) is 31.0 Å². The molecule has 1 aliphatic heterocycles. The van der Waals surface area contributed by atoms with E-state index in [1.165, 1.54) is 11.3 Å². The van der Waals surface area contributed by atoms with Crippen LogP contribution in [0, 0.1) is 6.92 Å². The van der Waals surface area contributed by atoms with Crippen LogP contribution in [0.1, 0.15) is 42.5 Å². The number of likely N-dealkylation sites (tertiary alicyclic amines) is 1. The number of carbonyl (C=O) groups excluding carboxylic acids is 1. The minimum atomic E-state index is -0.360. The summed E-state index contributed by atoms with van der Waals surface area (Å²) < 4.78 is 11.2. The van der Waals surface area contributed by atoms with E-state index >= 15 is 0 Å². The van der Waals surface area contributed by atoms with Crippen molar-refractivity contribution in [2.45, 2.75) is 51.4 Å². The van der Waals surface area contributed by atoms with Crippen LogP contribution in [0.5, 0.6) is 0 Å². The minimum Gasteiger partial charge on any atom is -0.423 e. The predicted molar refractivity (Wildman–Crippen MR) is 91.9 cm³/mol. The molecule has 0 bridgehead atoms. The zero-order valence-corrected chi connectivity index (χ0v) is 15.2. The number of aromatic nitrogens is 3. The molecule has 2 aromatic heterocycles. The smallest absolute Gasteiger partial charge is 0.242 e. The summed E-state index contributed by atoms with van der Waals surface area (Å²) >= 11 is 1.47. The molecular formula is C16H23N5O3S. The van der Waals surface area contributed by atoms with E-state index in [4.69, 9.17) is 14.9 Å². The molecule has 0 aromatic carbocycles. The molecule has 8 nitrogen and oxygen atoms in total. The molecule has 136 valence electrons. The van der Waals surface area contributed by atoms with E-state index in [9.17, 15) is 4.79 Å². The first-order chi connectivity index (χ1) is 12.0. The van der Waals surface area contributed by atoms with Gasteiger partial charge in [0.25, 0.3) is 0 Å². The van der Waals surface area contributed by atoms with E-state index in [2.05, 4.69) is 27.0 Å². The SMILES string of the molecule is Cc1nnc(CO[C@H]2CCN(CC(C(N)=O)c3nccs3)[C@@H](C)C2)o1. The van der Waals surface area contributed by atoms with Crippen LogP contribution < -0.4 is 5.73 Å². The highest BCUT2D eigenvalue weighted by Crippen LogP contribution is 2.25. The first-order valence-corrected chi connectivity index (χ1v) is 9.24. The molecule has 0 aliphatic carbocycles. The molecule has 3 heterocycles. The van der Waals surface area contributed by atoms with E-state index in [-0.39, 0.29) is 17.9 Å². The van der Waals surface area contributed by atoms with Gasteiger partial charge in [-0.25, -0.2) is 4.98 Å². The van der Waals surface area contributed by atoms with Crippen molar-refractivity contribution >= 4 is 17.2 Å². The van der Waals surface area contributed by atoms with E-state index in [0.717, 1.165) is 24.4 Å². The molecule has 0 saturated carbocycles. The zero-order chi connectivity index (χ0) is 17.8. The molecule has 1 saturated heterocycles. The highest BCUT2D eigenvalue weighted by Gasteiger charge is 2.31. The third-order valence-electron chi connectivity index (χ3n) is 4.49. The van der Waals surface area contributed by atoms with Gasteiger partial charge in [-0.2, -0.15) is 0 Å². The molecule has 25 heavy (non-hydrogen) atoms. The van der Waals surface area contributed by atoms with Gasteiger partial charge >= 0.3 is 0 Å². The van der Waals surface area contributed by atoms with Crippen molar-refractivity contribution in [1.29, 1.82) is 0 Å². The normalized spacial score (nSPS) is 22.8. The summed E-state index contributed by atoms with van der Waals surface area (Å²) in [6.07, 6.45) is 3.63. The zero-order valence-electron chi connectivity index (χ0n) is 14.4. The molecule has 9 heteroatoms. The summed E-state index contributed by atoms with van der Waals surface area (Å²) in [5, 5.41) is 10.4. The Morgan fingerprint density at radius 1 is 1.56 bits per heavy atom. The first kappa shape index (κ1) is 18.0. The number of ether oxygens (including phenoxy) is 1. The lowest BCUT2D eigenvalue weighted by molar-refractivity contribution is -0.120. The Balaban J connectivity index is 1.51. The summed E-state index contributed by atoms with van der Waals surface area (Å²) in [6.45, 7) is 5.69. The molecular weight excluding hydrogens is 342 g/mol. The fourth-order valence-corrected chi connectivity index (χ4v) is 3.85. The van der Waals surface area contributed by atoms with Gasteiger partial charge in [0.15, 0.2) is 0 Å². The fraction of sp³-hybridized carbons (Fsp3) is 0.625. The van der Waals surface area contributed by atoms with Gasteiger partial charge in [0.1, 0.15) is 17.5 Å². The number of rotatable bonds is 7. The summed E-state index contributed by atoms with van der Waals surface area (Å²) in [4.78, 5) is 18.4. The Labute approximate surface area is 150 Å². The molecule has 1 unspecified atom stereocenters. The highest BCUT2D eigenvalue weighted by atomic mass is 32.1. The van der Waals surface area contributed by atoms with Crippen LogP contribution in [0.15, 0.2) is 16.0 Å². The maximum Gasteiger partial charge on any atom is 0.242 e. The molecule has 3 atom stereocenters. The van der Waals surface area contributed by atoms with Crippen molar-refractivity contribution < 1.29 is 13.9 Å². The van der Waals surface area contributed by atoms with Crippen molar-refractivity contribution in [3.8, 4) is 0 Å². The Bertz CT molecular complexity index is 690. The maximum atomic E-state index is 11.8. The number of amides is 1. The van der Waals surface area contributed by atoms with Gasteiger partial charge in [0.2, 0.25) is 17.7 Å². The summed E-state index contributed by atoms with van der Waals surface area (Å²) in [7, 11) is 0. The largest absolute Gasteiger partial charge is 0.423 e. The number of hydrogen-bond donors (Lipinski definition) is 1. The Hall–Kier alpha value is -1.84. The quantitative estimate of drug-likeness (QED) is 0.791. The number of aryl methyl sites for hydroxylation is 1. The van der Waals surface area contributed by atoms with Crippen molar-refractivity contribution in [2.24, 2.45) is 5.73 Å². The second-order valence-corrected chi connectivity index (χ2v) is 7.27. The van der Waals surface area contributed by atoms with Gasteiger partial charge in [-0.05, 0) is 19.8 Å². The molecule has 2 aromatic rings. The Morgan fingerprint density at radius 3 is 3.00 bits per heavy atom. The fourth-order valence-electron chi connectivity index (χ4n) is 3.12. The van der Waals surface area contributed by atoms with Gasteiger partial charge < -0.3 is 14.9 Å². The summed E-state index contributed by atoms with van der Waals surface area (Å²) in [5.41, 5.74) is 5.59. The molecule has 0 spiro atoms. The van der Waals surface area contributed by atoms with Crippen molar-refractivity contribution in [2.75, 3.05) is 13.1 Å². The number of thiazole rings is 1. The topological polar surface area (TPSA) is 107 Å². The van der Waals surface area contributed by atoms with Crippen molar-refractivity contribution in [3.05, 3.63) is 28.4 Å². The van der Waals surface area contributed by atoms with E-state index in [1.54, 1.807) is 13.1 Å². The number of nitrogens with zero attached hydrogens (tertiary/aromatic N) is 4. The monoisotopic (exact) mass is 365 g/mol. The second kappa shape index (κ2) is 8.03. The summed E-state index contributed by atoms with van der Waals surface area (Å²) in [5.74, 6) is 0.361. The number of nitrogens with two attached hydrogens (primary N) is 1. The van der Waals surface area contributed by atoms with Crippen molar-refractivity contribution in [1.82, 2.24) is 20.1 Å². The van der Waals surface area contributed by atoms with Crippen molar-refractivity contribution in [3.63, 3.8) is 0 Å². The first-order valence-electron chi connectivity index (χ1n) is 8.36. The summed E-state index contributed by atoms with van der Waals surface area (Å²) in [6, 6.07) is 0.296. The van der Waals surface area contributed by atoms with Gasteiger partial charge in [-0.15, -0.1) is 21.5 Å². The molecule has 2 N–H and O–H groups in total. The molecule has 1 fully saturated rings. The maximum absolute atomic E-state index is 11.8. The molecule has 0 radical (unpaired) electrons. The lowest BCUT2D eigenvalue weighted by Crippen LogP contribution is -2.46. The number of hydrogen-bond acceptors (Lipinski definition) is 8. The highest BCUT2D eigenvalue weighted by molar-refractivity contribution is 7.09. The average molecular weight is 365 g/mol. The number of primary amides is 1. The van der Waals surface area contributed by atoms with Crippen LogP contribution in [0.3, 0.4) is 0 Å². The average Bonchev–Trinajstić information content (AvgIpc) is 3.23. The Kier molecular flexibility index (Phi) is 5.77. The van der Waals surface area contributed by atoms with Crippen LogP contribution in [0.25, 0.3) is 0 Å². The van der Waals surface area contributed by atoms with Gasteiger partial charge in [0, 0.05) is 37.6 Å². The van der Waals surface area contributed by atoms with Crippen LogP contribution >= 0.6 is 11.3 Å². The third kappa shape index (κ3) is 4.62. The van der Waals surface area contributed by atoms with Crippen LogP contribution in [-0.4, -0.2) is 51.2 Å². The molecule has 3 rings (SSSR count). The third-order valence-corrected chi connectivity index (χ3v) is 5.38. The van der Waals surface area contributed by atoms with Crippen LogP contribution in [0.2, 0.25) is 0 Å². The minimum absolute atomic E-state index is 0.144. The van der Waals surface area contributed by atoms with Gasteiger partial charge in [0.05, 0.1) is 6.10 Å². The van der Waals surface area contributed by atoms with Gasteiger partial charge in [-0.3, -0.25) is 9.69 Å². The lowest BCUT2D eigenvalue weighted by atomic mass is 9.98. The Morgan fingerprint density at radius 2 is 2.40 bits per heavy atom. The number of piperidine rings is 1. The van der Waals surface area contributed by atoms with E-state index in [1.807, 2.05) is 5.38 Å². The van der Waals surface area contributed by atoms with E-state index < -0.39 is 0 Å². The van der Waals surface area contributed by atoms with Crippen LogP contribution in [0.4, 0.5) is 0 Å². The molecule has 1 amide bonds. The predicted octanol–water partition coefficient (Wildman–Crippen LogP) is 1.47. The number of carbonyl (C=O) groups is 1. The molecule has 1 aliphatic rings. The van der Waals surface area contributed by atoms with Crippen LogP contribution in [-0.2, 0) is 16.1 Å².